The van der Waals surface area contributed by atoms with Gasteiger partial charge in [0.05, 0.1) is 17.1 Å². The maximum atomic E-state index is 5.48. The summed E-state index contributed by atoms with van der Waals surface area (Å²) in [5, 5.41) is 14.4. The summed E-state index contributed by atoms with van der Waals surface area (Å²) in [6.45, 7) is 1.29. The summed E-state index contributed by atoms with van der Waals surface area (Å²) in [5.74, 6) is 0.795. The summed E-state index contributed by atoms with van der Waals surface area (Å²) in [7, 11) is 0. The van der Waals surface area contributed by atoms with Gasteiger partial charge in [-0.05, 0) is 37.3 Å². The van der Waals surface area contributed by atoms with E-state index in [1.807, 2.05) is 29.8 Å². The van der Waals surface area contributed by atoms with Crippen molar-refractivity contribution in [1.29, 1.82) is 0 Å². The van der Waals surface area contributed by atoms with Crippen LogP contribution in [0.5, 0.6) is 0 Å². The molecule has 7 heteroatoms. The van der Waals surface area contributed by atoms with E-state index in [-0.39, 0.29) is 0 Å². The van der Waals surface area contributed by atoms with Crippen LogP contribution in [0.2, 0.25) is 0 Å². The van der Waals surface area contributed by atoms with E-state index in [0.717, 1.165) is 47.8 Å². The fraction of sp³-hybridized carbons (Fsp3) is 0.357. The lowest BCUT2D eigenvalue weighted by Crippen LogP contribution is -2.00. The quantitative estimate of drug-likeness (QED) is 0.677. The molecule has 0 aliphatic heterocycles. The molecule has 0 spiro atoms. The molecule has 0 atom stereocenters. The lowest BCUT2D eigenvalue weighted by atomic mass is 10.2. The zero-order valence-corrected chi connectivity index (χ0v) is 12.4. The largest absolute Gasteiger partial charge is 0.355 e. The van der Waals surface area contributed by atoms with E-state index in [0.29, 0.717) is 6.54 Å². The van der Waals surface area contributed by atoms with E-state index in [9.17, 15) is 0 Å². The van der Waals surface area contributed by atoms with Crippen LogP contribution in [0, 0.1) is 0 Å². The lowest BCUT2D eigenvalue weighted by molar-refractivity contribution is 0.419. The molecule has 0 aliphatic rings. The molecule has 3 aromatic heterocycles. The summed E-state index contributed by atoms with van der Waals surface area (Å²) in [5.41, 5.74) is 7.32. The van der Waals surface area contributed by atoms with Gasteiger partial charge in [-0.15, -0.1) is 16.4 Å². The topological polar surface area (TPSA) is 82.8 Å². The highest BCUT2D eigenvalue weighted by Gasteiger charge is 2.09. The summed E-state index contributed by atoms with van der Waals surface area (Å²) < 4.78 is 7.14. The maximum Gasteiger partial charge on any atom is 0.177 e. The standard InChI is InChI=1S/C14H17N5OS/c15-6-2-1-4-11-9-19(18-16-11)10-12-8-13(20-17-12)14-5-3-7-21-14/h3,5,7-9H,1-2,4,6,10,15H2. The Balaban J connectivity index is 1.61. The molecular formula is C14H17N5OS. The number of nitrogens with zero attached hydrogens (tertiary/aromatic N) is 4. The first-order valence-corrected chi connectivity index (χ1v) is 7.81. The minimum absolute atomic E-state index is 0.568. The first-order valence-electron chi connectivity index (χ1n) is 6.93. The van der Waals surface area contributed by atoms with E-state index < -0.39 is 0 Å². The number of rotatable bonds is 7. The molecule has 0 amide bonds. The van der Waals surface area contributed by atoms with Gasteiger partial charge in [-0.1, -0.05) is 16.4 Å². The van der Waals surface area contributed by atoms with Crippen LogP contribution in [-0.2, 0) is 13.0 Å². The zero-order valence-electron chi connectivity index (χ0n) is 11.6. The molecule has 0 saturated heterocycles. The summed E-state index contributed by atoms with van der Waals surface area (Å²) >= 11 is 1.63. The van der Waals surface area contributed by atoms with Crippen molar-refractivity contribution in [3.8, 4) is 10.6 Å². The van der Waals surface area contributed by atoms with Crippen molar-refractivity contribution in [2.45, 2.75) is 25.8 Å². The molecule has 0 fully saturated rings. The van der Waals surface area contributed by atoms with Gasteiger partial charge in [-0.3, -0.25) is 0 Å². The lowest BCUT2D eigenvalue weighted by Gasteiger charge is -1.94. The number of hydrogen-bond acceptors (Lipinski definition) is 6. The molecule has 0 aliphatic carbocycles. The third-order valence-corrected chi connectivity index (χ3v) is 4.00. The van der Waals surface area contributed by atoms with Gasteiger partial charge in [0.25, 0.3) is 0 Å². The normalized spacial score (nSPS) is 11.1. The predicted octanol–water partition coefficient (Wildman–Crippen LogP) is 2.32. The molecule has 21 heavy (non-hydrogen) atoms. The fourth-order valence-corrected chi connectivity index (χ4v) is 2.74. The van der Waals surface area contributed by atoms with Crippen LogP contribution in [0.4, 0.5) is 0 Å². The van der Waals surface area contributed by atoms with Gasteiger partial charge in [0.1, 0.15) is 5.69 Å². The van der Waals surface area contributed by atoms with Crippen molar-refractivity contribution in [3.63, 3.8) is 0 Å². The van der Waals surface area contributed by atoms with Crippen LogP contribution in [-0.4, -0.2) is 26.7 Å². The van der Waals surface area contributed by atoms with E-state index >= 15 is 0 Å². The Labute approximate surface area is 126 Å². The average Bonchev–Trinajstić information content (AvgIpc) is 3.20. The minimum Gasteiger partial charge on any atom is -0.355 e. The zero-order chi connectivity index (χ0) is 14.5. The predicted molar refractivity (Wildman–Crippen MR) is 80.9 cm³/mol. The van der Waals surface area contributed by atoms with Gasteiger partial charge in [0.15, 0.2) is 5.76 Å². The molecule has 2 N–H and O–H groups in total. The second kappa shape index (κ2) is 6.64. The van der Waals surface area contributed by atoms with Crippen molar-refractivity contribution in [1.82, 2.24) is 20.2 Å². The van der Waals surface area contributed by atoms with Crippen molar-refractivity contribution >= 4 is 11.3 Å². The van der Waals surface area contributed by atoms with Crippen LogP contribution in [0.25, 0.3) is 10.6 Å². The Hall–Kier alpha value is -1.99. The molecule has 0 radical (unpaired) electrons. The molecule has 3 rings (SSSR count). The Morgan fingerprint density at radius 3 is 3.05 bits per heavy atom. The number of thiophene rings is 1. The van der Waals surface area contributed by atoms with E-state index in [1.165, 1.54) is 0 Å². The Kier molecular flexibility index (Phi) is 4.42. The molecule has 0 saturated carbocycles. The SMILES string of the molecule is NCCCCc1cn(Cc2cc(-c3cccs3)on2)nn1. The number of unbranched alkanes of at least 4 members (excludes halogenated alkanes) is 1. The molecule has 110 valence electrons. The van der Waals surface area contributed by atoms with Crippen LogP contribution in [0.15, 0.2) is 34.3 Å². The van der Waals surface area contributed by atoms with Crippen molar-refractivity contribution in [2.75, 3.05) is 6.54 Å². The van der Waals surface area contributed by atoms with E-state index in [1.54, 1.807) is 16.0 Å². The van der Waals surface area contributed by atoms with Gasteiger partial charge in [-0.25, -0.2) is 4.68 Å². The summed E-state index contributed by atoms with van der Waals surface area (Å²) in [6.07, 6.45) is 4.93. The van der Waals surface area contributed by atoms with E-state index in [4.69, 9.17) is 10.3 Å². The molecular weight excluding hydrogens is 286 g/mol. The molecule has 6 nitrogen and oxygen atoms in total. The van der Waals surface area contributed by atoms with Crippen LogP contribution in [0.1, 0.15) is 24.2 Å². The highest BCUT2D eigenvalue weighted by Crippen LogP contribution is 2.25. The van der Waals surface area contributed by atoms with Gasteiger partial charge in [0, 0.05) is 12.3 Å². The van der Waals surface area contributed by atoms with Crippen LogP contribution < -0.4 is 5.73 Å². The second-order valence-corrected chi connectivity index (χ2v) is 5.76. The highest BCUT2D eigenvalue weighted by atomic mass is 32.1. The van der Waals surface area contributed by atoms with Gasteiger partial charge in [-0.2, -0.15) is 0 Å². The number of aryl methyl sites for hydroxylation is 1. The molecule has 0 aromatic carbocycles. The molecule has 0 unspecified atom stereocenters. The Morgan fingerprint density at radius 1 is 1.29 bits per heavy atom. The minimum atomic E-state index is 0.568. The molecule has 3 heterocycles. The van der Waals surface area contributed by atoms with Crippen LogP contribution in [0.3, 0.4) is 0 Å². The third-order valence-electron chi connectivity index (χ3n) is 3.12. The Bertz CT molecular complexity index is 673. The van der Waals surface area contributed by atoms with Gasteiger partial charge >= 0.3 is 0 Å². The van der Waals surface area contributed by atoms with Gasteiger partial charge in [0.2, 0.25) is 0 Å². The van der Waals surface area contributed by atoms with Crippen molar-refractivity contribution in [2.24, 2.45) is 5.73 Å². The first kappa shape index (κ1) is 14.0. The monoisotopic (exact) mass is 303 g/mol. The van der Waals surface area contributed by atoms with Crippen molar-refractivity contribution in [3.05, 3.63) is 41.2 Å². The highest BCUT2D eigenvalue weighted by molar-refractivity contribution is 7.13. The third kappa shape index (κ3) is 3.56. The van der Waals surface area contributed by atoms with E-state index in [2.05, 4.69) is 15.5 Å². The number of nitrogens with two attached hydrogens (primary N) is 1. The molecule has 3 aromatic rings. The van der Waals surface area contributed by atoms with Crippen LogP contribution >= 0.6 is 11.3 Å². The smallest absolute Gasteiger partial charge is 0.177 e. The fourth-order valence-electron chi connectivity index (χ4n) is 2.07. The summed E-state index contributed by atoms with van der Waals surface area (Å²) in [4.78, 5) is 1.08. The summed E-state index contributed by atoms with van der Waals surface area (Å²) in [6, 6.07) is 5.95. The second-order valence-electron chi connectivity index (χ2n) is 4.81. The van der Waals surface area contributed by atoms with Gasteiger partial charge < -0.3 is 10.3 Å². The first-order chi connectivity index (χ1) is 10.3. The maximum absolute atomic E-state index is 5.48. The van der Waals surface area contributed by atoms with Crippen molar-refractivity contribution < 1.29 is 4.52 Å². The number of hydrogen-bond donors (Lipinski definition) is 1. The average molecular weight is 303 g/mol. The molecule has 0 bridgehead atoms. The Morgan fingerprint density at radius 2 is 2.24 bits per heavy atom. The number of aromatic nitrogens is 4.